The Hall–Kier alpha value is -1.35. The highest BCUT2D eigenvalue weighted by molar-refractivity contribution is 7.88. The molecular weight excluding hydrogens is 296 g/mol. The van der Waals surface area contributed by atoms with Crippen molar-refractivity contribution in [3.63, 3.8) is 0 Å². The number of nitrogens with two attached hydrogens (primary N) is 1. The minimum Gasteiger partial charge on any atom is -0.351 e. The second-order valence-electron chi connectivity index (χ2n) is 5.61. The van der Waals surface area contributed by atoms with Gasteiger partial charge in [-0.1, -0.05) is 0 Å². The molecule has 2 N–H and O–H groups in total. The second-order valence-corrected chi connectivity index (χ2v) is 7.59. The average Bonchev–Trinajstić information content (AvgIpc) is 2.46. The molecule has 0 aromatic heterocycles. The first kappa shape index (κ1) is 16.0. The van der Waals surface area contributed by atoms with Crippen LogP contribution >= 0.6 is 0 Å². The maximum absolute atomic E-state index is 12.5. The Labute approximate surface area is 124 Å². The Morgan fingerprint density at radius 3 is 2.19 bits per heavy atom. The predicted octanol–water partition coefficient (Wildman–Crippen LogP) is -1.12. The van der Waals surface area contributed by atoms with Gasteiger partial charge >= 0.3 is 6.03 Å². The zero-order chi connectivity index (χ0) is 15.6. The molecule has 2 rings (SSSR count). The van der Waals surface area contributed by atoms with Gasteiger partial charge in [-0.3, -0.25) is 4.79 Å². The molecule has 0 aromatic carbocycles. The van der Waals surface area contributed by atoms with Crippen molar-refractivity contribution in [1.29, 1.82) is 0 Å². The van der Waals surface area contributed by atoms with Gasteiger partial charge in [-0.2, -0.15) is 4.31 Å². The summed E-state index contributed by atoms with van der Waals surface area (Å²) in [7, 11) is -3.19. The molecule has 2 fully saturated rings. The van der Waals surface area contributed by atoms with E-state index in [2.05, 4.69) is 0 Å². The standard InChI is InChI=1S/C12H22N4O4S/c1-21(19,20)16-7-5-14(6-8-16)11(17)10-3-2-4-15(9-10)12(13)18/h10H,2-9H2,1H3,(H2,13,18). The largest absolute Gasteiger partial charge is 0.351 e. The molecule has 0 aromatic rings. The number of hydrogen-bond donors (Lipinski definition) is 1. The van der Waals surface area contributed by atoms with Crippen molar-refractivity contribution in [1.82, 2.24) is 14.1 Å². The van der Waals surface area contributed by atoms with Crippen molar-refractivity contribution >= 4 is 22.0 Å². The third-order valence-corrected chi connectivity index (χ3v) is 5.40. The van der Waals surface area contributed by atoms with Crippen LogP contribution in [-0.2, 0) is 14.8 Å². The molecule has 0 saturated carbocycles. The van der Waals surface area contributed by atoms with E-state index in [9.17, 15) is 18.0 Å². The minimum absolute atomic E-state index is 0.00546. The fourth-order valence-electron chi connectivity index (χ4n) is 2.88. The van der Waals surface area contributed by atoms with Crippen molar-refractivity contribution in [2.24, 2.45) is 11.7 Å². The van der Waals surface area contributed by atoms with Gasteiger partial charge in [0.15, 0.2) is 0 Å². The number of rotatable bonds is 2. The lowest BCUT2D eigenvalue weighted by atomic mass is 9.96. The summed E-state index contributed by atoms with van der Waals surface area (Å²) in [5.74, 6) is -0.231. The molecule has 8 nitrogen and oxygen atoms in total. The van der Waals surface area contributed by atoms with Crippen molar-refractivity contribution in [2.45, 2.75) is 12.8 Å². The molecule has 0 radical (unpaired) electrons. The van der Waals surface area contributed by atoms with E-state index in [-0.39, 0.29) is 11.8 Å². The number of sulfonamides is 1. The van der Waals surface area contributed by atoms with Gasteiger partial charge < -0.3 is 15.5 Å². The SMILES string of the molecule is CS(=O)(=O)N1CCN(C(=O)C2CCCN(C(N)=O)C2)CC1. The van der Waals surface area contributed by atoms with Gasteiger partial charge in [0.25, 0.3) is 0 Å². The highest BCUT2D eigenvalue weighted by Gasteiger charge is 2.33. The number of primary amides is 1. The number of carbonyl (C=O) groups excluding carboxylic acids is 2. The van der Waals surface area contributed by atoms with E-state index in [0.717, 1.165) is 12.8 Å². The Morgan fingerprint density at radius 2 is 1.67 bits per heavy atom. The van der Waals surface area contributed by atoms with Gasteiger partial charge in [0, 0.05) is 39.3 Å². The maximum Gasteiger partial charge on any atom is 0.314 e. The number of amides is 3. The average molecular weight is 318 g/mol. The number of carbonyl (C=O) groups is 2. The first-order valence-corrected chi connectivity index (χ1v) is 8.92. The van der Waals surface area contributed by atoms with Gasteiger partial charge in [0.1, 0.15) is 0 Å². The van der Waals surface area contributed by atoms with Gasteiger partial charge in [0.05, 0.1) is 12.2 Å². The second kappa shape index (κ2) is 6.18. The maximum atomic E-state index is 12.5. The summed E-state index contributed by atoms with van der Waals surface area (Å²) in [5.41, 5.74) is 5.26. The van der Waals surface area contributed by atoms with Crippen LogP contribution in [0, 0.1) is 5.92 Å². The number of nitrogens with zero attached hydrogens (tertiary/aromatic N) is 3. The van der Waals surface area contributed by atoms with Gasteiger partial charge in [-0.25, -0.2) is 13.2 Å². The van der Waals surface area contributed by atoms with Crippen molar-refractivity contribution in [3.8, 4) is 0 Å². The molecule has 3 amide bonds. The lowest BCUT2D eigenvalue weighted by Gasteiger charge is -2.37. The molecular formula is C12H22N4O4S. The molecule has 0 spiro atoms. The zero-order valence-electron chi connectivity index (χ0n) is 12.2. The highest BCUT2D eigenvalue weighted by Crippen LogP contribution is 2.20. The minimum atomic E-state index is -3.19. The van der Waals surface area contributed by atoms with Crippen LogP contribution in [0.5, 0.6) is 0 Å². The first-order valence-electron chi connectivity index (χ1n) is 7.07. The number of piperidine rings is 1. The lowest BCUT2D eigenvalue weighted by Crippen LogP contribution is -2.54. The van der Waals surface area contributed by atoms with Crippen LogP contribution in [0.15, 0.2) is 0 Å². The van der Waals surface area contributed by atoms with E-state index in [4.69, 9.17) is 5.73 Å². The Morgan fingerprint density at radius 1 is 1.05 bits per heavy atom. The summed E-state index contributed by atoms with van der Waals surface area (Å²) in [4.78, 5) is 26.8. The highest BCUT2D eigenvalue weighted by atomic mass is 32.2. The van der Waals surface area contributed by atoms with Crippen LogP contribution in [0.1, 0.15) is 12.8 Å². The molecule has 1 unspecified atom stereocenters. The van der Waals surface area contributed by atoms with E-state index < -0.39 is 16.1 Å². The van der Waals surface area contributed by atoms with E-state index in [0.29, 0.717) is 39.3 Å². The third kappa shape index (κ3) is 3.85. The summed E-state index contributed by atoms with van der Waals surface area (Å²) >= 11 is 0. The molecule has 21 heavy (non-hydrogen) atoms. The number of urea groups is 1. The molecule has 9 heteroatoms. The number of likely N-dealkylation sites (tertiary alicyclic amines) is 1. The van der Waals surface area contributed by atoms with Gasteiger partial charge in [-0.05, 0) is 12.8 Å². The third-order valence-electron chi connectivity index (χ3n) is 4.10. The van der Waals surface area contributed by atoms with E-state index in [1.165, 1.54) is 15.5 Å². The van der Waals surface area contributed by atoms with Crippen LogP contribution < -0.4 is 5.73 Å². The molecule has 0 bridgehead atoms. The monoisotopic (exact) mass is 318 g/mol. The van der Waals surface area contributed by atoms with E-state index in [1.807, 2.05) is 0 Å². The molecule has 2 aliphatic rings. The lowest BCUT2D eigenvalue weighted by molar-refractivity contribution is -0.138. The zero-order valence-corrected chi connectivity index (χ0v) is 13.0. The quantitative estimate of drug-likeness (QED) is 0.696. The van der Waals surface area contributed by atoms with Gasteiger partial charge in [-0.15, -0.1) is 0 Å². The first-order chi connectivity index (χ1) is 9.79. The van der Waals surface area contributed by atoms with E-state index >= 15 is 0 Å². The Bertz CT molecular complexity index is 513. The van der Waals surface area contributed by atoms with Crippen LogP contribution in [0.25, 0.3) is 0 Å². The summed E-state index contributed by atoms with van der Waals surface area (Å²) in [6.07, 6.45) is 2.69. The smallest absolute Gasteiger partial charge is 0.314 e. The van der Waals surface area contributed by atoms with E-state index in [1.54, 1.807) is 4.90 Å². The van der Waals surface area contributed by atoms with Crippen LogP contribution in [0.4, 0.5) is 4.79 Å². The molecule has 2 aliphatic heterocycles. The normalized spacial score (nSPS) is 24.9. The number of hydrogen-bond acceptors (Lipinski definition) is 4. The molecule has 1 atom stereocenters. The summed E-state index contributed by atoms with van der Waals surface area (Å²) < 4.78 is 24.3. The van der Waals surface area contributed by atoms with Crippen molar-refractivity contribution in [3.05, 3.63) is 0 Å². The fourth-order valence-corrected chi connectivity index (χ4v) is 3.70. The van der Waals surface area contributed by atoms with Crippen LogP contribution in [0.2, 0.25) is 0 Å². The summed E-state index contributed by atoms with van der Waals surface area (Å²) in [5, 5.41) is 0. The predicted molar refractivity (Wildman–Crippen MR) is 76.9 cm³/mol. The van der Waals surface area contributed by atoms with Crippen LogP contribution in [0.3, 0.4) is 0 Å². The van der Waals surface area contributed by atoms with Crippen LogP contribution in [-0.4, -0.2) is 80.0 Å². The van der Waals surface area contributed by atoms with Crippen molar-refractivity contribution < 1.29 is 18.0 Å². The Kier molecular flexibility index (Phi) is 4.72. The number of piperazine rings is 1. The molecule has 2 saturated heterocycles. The fraction of sp³-hybridized carbons (Fsp3) is 0.833. The molecule has 120 valence electrons. The van der Waals surface area contributed by atoms with Gasteiger partial charge in [0.2, 0.25) is 15.9 Å². The summed E-state index contributed by atoms with van der Waals surface area (Å²) in [6.45, 7) is 2.42. The van der Waals surface area contributed by atoms with Crippen molar-refractivity contribution in [2.75, 3.05) is 45.5 Å². The molecule has 0 aliphatic carbocycles. The Balaban J connectivity index is 1.91. The summed E-state index contributed by atoms with van der Waals surface area (Å²) in [6, 6.07) is -0.491. The molecule has 2 heterocycles. The topological polar surface area (TPSA) is 104 Å².